The van der Waals surface area contributed by atoms with Gasteiger partial charge in [0.25, 0.3) is 0 Å². The molecule has 0 aromatic carbocycles. The van der Waals surface area contributed by atoms with Gasteiger partial charge in [-0.25, -0.2) is 0 Å². The van der Waals surface area contributed by atoms with Crippen LogP contribution in [0.1, 0.15) is 12.1 Å². The monoisotopic (exact) mass is 265 g/mol. The maximum atomic E-state index is 5.90. The minimum atomic E-state index is 0.771. The molecule has 0 aliphatic carbocycles. The molecule has 96 valence electrons. The standard InChI is InChI=1S/C11H15N5OS/c1-2-6-7(12-3-1)15-8-10(14-6)17-11-9(16-8)13-4-5-18-11/h12-16H,1-5H2. The summed E-state index contributed by atoms with van der Waals surface area (Å²) in [5, 5.41) is 7.59. The van der Waals surface area contributed by atoms with E-state index in [1.165, 1.54) is 5.69 Å². The van der Waals surface area contributed by atoms with Crippen LogP contribution in [0.15, 0.2) is 9.51 Å². The third-order valence-electron chi connectivity index (χ3n) is 3.23. The second-order valence-electron chi connectivity index (χ2n) is 4.50. The highest BCUT2D eigenvalue weighted by molar-refractivity contribution is 7.99. The predicted octanol–water partition coefficient (Wildman–Crippen LogP) is 1.99. The van der Waals surface area contributed by atoms with Crippen molar-refractivity contribution in [1.29, 1.82) is 0 Å². The number of hydrogen-bond donors (Lipinski definition) is 5. The minimum Gasteiger partial charge on any atom is -0.426 e. The lowest BCUT2D eigenvalue weighted by Crippen LogP contribution is -2.17. The lowest BCUT2D eigenvalue weighted by molar-refractivity contribution is 0.398. The Balaban J connectivity index is 1.97. The van der Waals surface area contributed by atoms with Gasteiger partial charge < -0.3 is 30.0 Å². The molecule has 18 heavy (non-hydrogen) atoms. The highest BCUT2D eigenvalue weighted by atomic mass is 32.2. The van der Waals surface area contributed by atoms with Crippen LogP contribution in [-0.2, 0) is 6.42 Å². The Morgan fingerprint density at radius 2 is 1.89 bits per heavy atom. The largest absolute Gasteiger partial charge is 0.426 e. The van der Waals surface area contributed by atoms with Gasteiger partial charge in [0.2, 0.25) is 10.6 Å². The molecule has 5 N–H and O–H groups in total. The van der Waals surface area contributed by atoms with Crippen LogP contribution in [0.3, 0.4) is 0 Å². The zero-order valence-corrected chi connectivity index (χ0v) is 10.7. The van der Waals surface area contributed by atoms with Crippen LogP contribution in [-0.4, -0.2) is 33.8 Å². The average Bonchev–Trinajstić information content (AvgIpc) is 2.42. The normalized spacial score (nSPS) is 17.6. The smallest absolute Gasteiger partial charge is 0.240 e. The number of anilines is 2. The van der Waals surface area contributed by atoms with E-state index in [1.54, 1.807) is 11.8 Å². The summed E-state index contributed by atoms with van der Waals surface area (Å²) >= 11 is 1.73. The first kappa shape index (κ1) is 10.3. The van der Waals surface area contributed by atoms with Gasteiger partial charge in [0.05, 0.1) is 5.69 Å². The van der Waals surface area contributed by atoms with Gasteiger partial charge in [-0.05, 0) is 12.8 Å². The van der Waals surface area contributed by atoms with Gasteiger partial charge in [0.15, 0.2) is 11.3 Å². The van der Waals surface area contributed by atoms with Crippen molar-refractivity contribution in [3.63, 3.8) is 0 Å². The Morgan fingerprint density at radius 1 is 1.00 bits per heavy atom. The fourth-order valence-electron chi connectivity index (χ4n) is 2.36. The van der Waals surface area contributed by atoms with Crippen molar-refractivity contribution < 1.29 is 4.42 Å². The molecule has 0 bridgehead atoms. The zero-order chi connectivity index (χ0) is 11.9. The molecule has 0 aromatic rings. The zero-order valence-electron chi connectivity index (χ0n) is 9.85. The SMILES string of the molecule is C1CNc2[nH]c3[nH]c4c(oc=3[nH]c2C1)SCCN4. The molecular formula is C11H15N5OS. The molecule has 4 aliphatic rings. The fraction of sp³-hybridized carbons (Fsp3) is 0.455. The molecule has 4 rings (SSSR count). The third kappa shape index (κ3) is 1.58. The van der Waals surface area contributed by atoms with Crippen molar-refractivity contribution in [2.45, 2.75) is 17.9 Å². The van der Waals surface area contributed by atoms with Gasteiger partial charge in [0.1, 0.15) is 5.82 Å². The molecule has 4 aliphatic heterocycles. The number of rotatable bonds is 0. The molecule has 0 atom stereocenters. The minimum absolute atomic E-state index is 0.771. The van der Waals surface area contributed by atoms with E-state index in [-0.39, 0.29) is 0 Å². The van der Waals surface area contributed by atoms with Crippen molar-refractivity contribution in [3.05, 3.63) is 16.7 Å². The van der Waals surface area contributed by atoms with Gasteiger partial charge >= 0.3 is 0 Å². The number of aromatic nitrogens is 3. The van der Waals surface area contributed by atoms with E-state index in [4.69, 9.17) is 4.42 Å². The van der Waals surface area contributed by atoms with Gasteiger partial charge in [-0.15, -0.1) is 0 Å². The van der Waals surface area contributed by atoms with Crippen LogP contribution < -0.4 is 10.6 Å². The van der Waals surface area contributed by atoms with E-state index in [2.05, 4.69) is 25.6 Å². The second kappa shape index (κ2) is 3.94. The number of aromatic amines is 3. The molecule has 0 spiro atoms. The Labute approximate surface area is 107 Å². The number of hydrogen-bond acceptors (Lipinski definition) is 4. The van der Waals surface area contributed by atoms with E-state index in [1.807, 2.05) is 0 Å². The number of H-pyrrole nitrogens is 3. The van der Waals surface area contributed by atoms with E-state index in [0.717, 1.165) is 59.4 Å². The Hall–Kier alpha value is -1.63. The summed E-state index contributed by atoms with van der Waals surface area (Å²) in [5.41, 5.74) is 2.82. The van der Waals surface area contributed by atoms with Crippen molar-refractivity contribution in [2.75, 3.05) is 29.5 Å². The van der Waals surface area contributed by atoms with Crippen LogP contribution in [0.5, 0.6) is 0 Å². The van der Waals surface area contributed by atoms with E-state index in [0.29, 0.717) is 0 Å². The van der Waals surface area contributed by atoms with Crippen LogP contribution in [0.2, 0.25) is 0 Å². The molecule has 0 fully saturated rings. The Bertz CT molecular complexity index is 565. The van der Waals surface area contributed by atoms with Gasteiger partial charge in [-0.2, -0.15) is 0 Å². The summed E-state index contributed by atoms with van der Waals surface area (Å²) in [6, 6.07) is 0. The summed E-state index contributed by atoms with van der Waals surface area (Å²) in [6.45, 7) is 1.97. The van der Waals surface area contributed by atoms with Crippen molar-refractivity contribution in [3.8, 4) is 0 Å². The van der Waals surface area contributed by atoms with E-state index < -0.39 is 0 Å². The van der Waals surface area contributed by atoms with Gasteiger partial charge in [-0.3, -0.25) is 0 Å². The Morgan fingerprint density at radius 3 is 2.89 bits per heavy atom. The van der Waals surface area contributed by atoms with Crippen molar-refractivity contribution in [2.24, 2.45) is 0 Å². The first-order chi connectivity index (χ1) is 8.90. The summed E-state index contributed by atoms with van der Waals surface area (Å²) in [6.07, 6.45) is 2.20. The lowest BCUT2D eigenvalue weighted by atomic mass is 10.2. The molecule has 6 nitrogen and oxygen atoms in total. The summed E-state index contributed by atoms with van der Waals surface area (Å²) < 4.78 is 5.90. The molecule has 0 amide bonds. The van der Waals surface area contributed by atoms with Gasteiger partial charge in [-0.1, -0.05) is 11.8 Å². The number of aryl methyl sites for hydroxylation is 1. The number of fused-ring (bicyclic) bond motifs is 2. The maximum Gasteiger partial charge on any atom is 0.240 e. The quantitative estimate of drug-likeness (QED) is 0.504. The molecule has 0 saturated carbocycles. The molecule has 7 heteroatoms. The summed E-state index contributed by atoms with van der Waals surface area (Å²) in [4.78, 5) is 10.1. The molecule has 0 saturated heterocycles. The topological polar surface area (TPSA) is 84.6 Å². The molecule has 0 unspecified atom stereocenters. The summed E-state index contributed by atoms with van der Waals surface area (Å²) in [5.74, 6) is 3.05. The average molecular weight is 265 g/mol. The second-order valence-corrected chi connectivity index (χ2v) is 5.57. The van der Waals surface area contributed by atoms with Gasteiger partial charge in [0, 0.05) is 18.8 Å². The predicted molar refractivity (Wildman–Crippen MR) is 70.7 cm³/mol. The van der Waals surface area contributed by atoms with Crippen LogP contribution >= 0.6 is 11.8 Å². The maximum absolute atomic E-state index is 5.90. The van der Waals surface area contributed by atoms with Crippen LogP contribution in [0.25, 0.3) is 0 Å². The van der Waals surface area contributed by atoms with E-state index >= 15 is 0 Å². The van der Waals surface area contributed by atoms with Crippen molar-refractivity contribution in [1.82, 2.24) is 15.0 Å². The molecule has 0 radical (unpaired) electrons. The molecular weight excluding hydrogens is 250 g/mol. The third-order valence-corrected chi connectivity index (χ3v) is 4.19. The first-order valence-electron chi connectivity index (χ1n) is 6.21. The number of nitrogens with one attached hydrogen (secondary N) is 5. The van der Waals surface area contributed by atoms with Crippen LogP contribution in [0, 0.1) is 11.0 Å². The molecule has 0 aromatic heterocycles. The van der Waals surface area contributed by atoms with E-state index in [9.17, 15) is 0 Å². The fourth-order valence-corrected chi connectivity index (χ4v) is 3.16. The Kier molecular flexibility index (Phi) is 2.26. The van der Waals surface area contributed by atoms with Crippen molar-refractivity contribution >= 4 is 23.4 Å². The van der Waals surface area contributed by atoms with Crippen LogP contribution in [0.4, 0.5) is 11.6 Å². The summed E-state index contributed by atoms with van der Waals surface area (Å²) in [7, 11) is 0. The molecule has 4 heterocycles. The lowest BCUT2D eigenvalue weighted by Gasteiger charge is -2.19. The highest BCUT2D eigenvalue weighted by Gasteiger charge is 2.15. The number of thioether (sulfide) groups is 1. The highest BCUT2D eigenvalue weighted by Crippen LogP contribution is 2.29. The first-order valence-corrected chi connectivity index (χ1v) is 7.20.